The van der Waals surface area contributed by atoms with E-state index in [9.17, 15) is 9.59 Å². The van der Waals surface area contributed by atoms with Gasteiger partial charge in [0.2, 0.25) is 11.8 Å². The van der Waals surface area contributed by atoms with Gasteiger partial charge in [0.15, 0.2) is 0 Å². The first-order chi connectivity index (χ1) is 11.5. The van der Waals surface area contributed by atoms with Crippen molar-refractivity contribution < 1.29 is 9.59 Å². The van der Waals surface area contributed by atoms with Gasteiger partial charge >= 0.3 is 0 Å². The lowest BCUT2D eigenvalue weighted by atomic mass is 9.71. The number of nitrogens with one attached hydrogen (secondary N) is 1. The summed E-state index contributed by atoms with van der Waals surface area (Å²) in [5.41, 5.74) is 11.9. The van der Waals surface area contributed by atoms with Crippen molar-refractivity contribution in [1.29, 1.82) is 0 Å². The average molecular weight is 386 g/mol. The minimum atomic E-state index is -0.314. The van der Waals surface area contributed by atoms with E-state index in [1.54, 1.807) is 0 Å². The van der Waals surface area contributed by atoms with E-state index < -0.39 is 0 Å². The van der Waals surface area contributed by atoms with Crippen LogP contribution in [-0.4, -0.2) is 24.1 Å². The molecule has 2 rings (SSSR count). The minimum absolute atomic E-state index is 0. The summed E-state index contributed by atoms with van der Waals surface area (Å²) in [4.78, 5) is 24.4. The Bertz CT molecular complexity index is 577. The van der Waals surface area contributed by atoms with Gasteiger partial charge in [-0.1, -0.05) is 31.4 Å². The van der Waals surface area contributed by atoms with Crippen molar-refractivity contribution in [3.63, 3.8) is 0 Å². The molecule has 1 aliphatic carbocycles. The van der Waals surface area contributed by atoms with Gasteiger partial charge in [-0.05, 0) is 36.9 Å². The maximum atomic E-state index is 12.5. The quantitative estimate of drug-likeness (QED) is 0.598. The van der Waals surface area contributed by atoms with Gasteiger partial charge in [0, 0.05) is 23.5 Å². The third-order valence-electron chi connectivity index (χ3n) is 4.65. The van der Waals surface area contributed by atoms with E-state index in [2.05, 4.69) is 5.32 Å². The first kappa shape index (κ1) is 21.8. The number of para-hydroxylation sites is 1. The molecule has 0 aliphatic heterocycles. The standard InChI is InChI=1S/C18H27N3O2S.ClH/c19-13-18(9-4-1-5-10-18)12-17(23)21-14-6-2-3-7-15(14)24-11-8-16(20)22;/h2-3,6-7H,1,4-5,8-13,19H2,(H2,20,22)(H,21,23);1H. The maximum absolute atomic E-state index is 12.5. The van der Waals surface area contributed by atoms with Gasteiger partial charge < -0.3 is 16.8 Å². The lowest BCUT2D eigenvalue weighted by Crippen LogP contribution is -2.36. The van der Waals surface area contributed by atoms with E-state index in [0.29, 0.717) is 25.1 Å². The van der Waals surface area contributed by atoms with Gasteiger partial charge in [-0.25, -0.2) is 0 Å². The summed E-state index contributed by atoms with van der Waals surface area (Å²) in [6.07, 6.45) is 6.42. The van der Waals surface area contributed by atoms with Crippen molar-refractivity contribution in [1.82, 2.24) is 0 Å². The van der Waals surface area contributed by atoms with Crippen LogP contribution in [0, 0.1) is 5.41 Å². The van der Waals surface area contributed by atoms with Gasteiger partial charge in [0.25, 0.3) is 0 Å². The number of carbonyl (C=O) groups is 2. The Labute approximate surface area is 160 Å². The number of carbonyl (C=O) groups excluding carboxylic acids is 2. The third kappa shape index (κ3) is 6.88. The van der Waals surface area contributed by atoms with Crippen LogP contribution in [0.3, 0.4) is 0 Å². The van der Waals surface area contributed by atoms with Crippen LogP contribution >= 0.6 is 24.2 Å². The molecule has 5 N–H and O–H groups in total. The van der Waals surface area contributed by atoms with Crippen molar-refractivity contribution in [2.75, 3.05) is 17.6 Å². The van der Waals surface area contributed by atoms with Gasteiger partial charge in [-0.3, -0.25) is 9.59 Å². The Morgan fingerprint density at radius 3 is 2.48 bits per heavy atom. The highest BCUT2D eigenvalue weighted by molar-refractivity contribution is 7.99. The highest BCUT2D eigenvalue weighted by Gasteiger charge is 2.33. The van der Waals surface area contributed by atoms with Gasteiger partial charge in [0.05, 0.1) is 5.69 Å². The summed E-state index contributed by atoms with van der Waals surface area (Å²) in [5.74, 6) is 0.311. The van der Waals surface area contributed by atoms with Gasteiger partial charge in [-0.2, -0.15) is 0 Å². The fourth-order valence-corrected chi connectivity index (χ4v) is 4.22. The zero-order valence-electron chi connectivity index (χ0n) is 14.5. The number of thioether (sulfide) groups is 1. The maximum Gasteiger partial charge on any atom is 0.225 e. The second-order valence-electron chi connectivity index (χ2n) is 6.55. The molecule has 0 atom stereocenters. The number of benzene rings is 1. The van der Waals surface area contributed by atoms with Gasteiger partial charge in [-0.15, -0.1) is 24.2 Å². The summed E-state index contributed by atoms with van der Waals surface area (Å²) >= 11 is 1.53. The van der Waals surface area contributed by atoms with E-state index in [4.69, 9.17) is 11.5 Å². The van der Waals surface area contributed by atoms with E-state index in [1.165, 1.54) is 18.2 Å². The SMILES string of the molecule is Cl.NCC1(CC(=O)Nc2ccccc2SCCC(N)=O)CCCCC1. The first-order valence-corrected chi connectivity index (χ1v) is 9.53. The molecular formula is C18H28ClN3O2S. The molecule has 2 amide bonds. The van der Waals surface area contributed by atoms with Crippen LogP contribution in [0.2, 0.25) is 0 Å². The highest BCUT2D eigenvalue weighted by Crippen LogP contribution is 2.39. The molecule has 1 aromatic carbocycles. The van der Waals surface area contributed by atoms with Crippen molar-refractivity contribution >= 4 is 41.7 Å². The largest absolute Gasteiger partial charge is 0.370 e. The molecule has 0 unspecified atom stereocenters. The topological polar surface area (TPSA) is 98.2 Å². The van der Waals surface area contributed by atoms with Crippen LogP contribution in [0.1, 0.15) is 44.9 Å². The van der Waals surface area contributed by atoms with E-state index >= 15 is 0 Å². The van der Waals surface area contributed by atoms with Crippen molar-refractivity contribution in [2.45, 2.75) is 49.8 Å². The summed E-state index contributed by atoms with van der Waals surface area (Å²) in [7, 11) is 0. The van der Waals surface area contributed by atoms with E-state index in [-0.39, 0.29) is 29.6 Å². The summed E-state index contributed by atoms with van der Waals surface area (Å²) in [5, 5.41) is 3.02. The summed E-state index contributed by atoms with van der Waals surface area (Å²) < 4.78 is 0. The van der Waals surface area contributed by atoms with Crippen LogP contribution < -0.4 is 16.8 Å². The van der Waals surface area contributed by atoms with Crippen LogP contribution in [0.5, 0.6) is 0 Å². The second kappa shape index (κ2) is 10.7. The molecule has 25 heavy (non-hydrogen) atoms. The van der Waals surface area contributed by atoms with Crippen LogP contribution in [0.4, 0.5) is 5.69 Å². The predicted molar refractivity (Wildman–Crippen MR) is 106 cm³/mol. The Kier molecular flexibility index (Phi) is 9.32. The number of primary amides is 1. The molecule has 1 fully saturated rings. The lowest BCUT2D eigenvalue weighted by Gasteiger charge is -2.35. The zero-order valence-corrected chi connectivity index (χ0v) is 16.1. The molecule has 0 bridgehead atoms. The summed E-state index contributed by atoms with van der Waals surface area (Å²) in [6.45, 7) is 0.565. The monoisotopic (exact) mass is 385 g/mol. The molecule has 1 aliphatic rings. The summed E-state index contributed by atoms with van der Waals surface area (Å²) in [6, 6.07) is 7.65. The fourth-order valence-electron chi connectivity index (χ4n) is 3.25. The number of rotatable bonds is 8. The normalized spacial score (nSPS) is 15.9. The van der Waals surface area contributed by atoms with Crippen molar-refractivity contribution in [3.05, 3.63) is 24.3 Å². The van der Waals surface area contributed by atoms with Crippen LogP contribution in [0.25, 0.3) is 0 Å². The zero-order chi connectivity index (χ0) is 17.4. The minimum Gasteiger partial charge on any atom is -0.370 e. The Balaban J connectivity index is 0.00000312. The first-order valence-electron chi connectivity index (χ1n) is 8.55. The molecule has 1 aromatic rings. The predicted octanol–water partition coefficient (Wildman–Crippen LogP) is 3.31. The molecule has 0 heterocycles. The Morgan fingerprint density at radius 2 is 1.84 bits per heavy atom. The van der Waals surface area contributed by atoms with Crippen LogP contribution in [0.15, 0.2) is 29.2 Å². The van der Waals surface area contributed by atoms with Crippen molar-refractivity contribution in [2.24, 2.45) is 16.9 Å². The molecule has 0 saturated heterocycles. The molecule has 0 aromatic heterocycles. The smallest absolute Gasteiger partial charge is 0.225 e. The van der Waals surface area contributed by atoms with E-state index in [0.717, 1.165) is 36.3 Å². The number of anilines is 1. The molecule has 5 nitrogen and oxygen atoms in total. The molecule has 1 saturated carbocycles. The van der Waals surface area contributed by atoms with Gasteiger partial charge in [0.1, 0.15) is 0 Å². The number of nitrogens with two attached hydrogens (primary N) is 2. The number of hydrogen-bond donors (Lipinski definition) is 3. The fraction of sp³-hybridized carbons (Fsp3) is 0.556. The Hall–Kier alpha value is -1.24. The molecule has 7 heteroatoms. The molecule has 0 radical (unpaired) electrons. The molecular weight excluding hydrogens is 358 g/mol. The number of hydrogen-bond acceptors (Lipinski definition) is 4. The lowest BCUT2D eigenvalue weighted by molar-refractivity contribution is -0.119. The second-order valence-corrected chi connectivity index (χ2v) is 7.69. The Morgan fingerprint density at radius 1 is 1.16 bits per heavy atom. The highest BCUT2D eigenvalue weighted by atomic mass is 35.5. The molecule has 140 valence electrons. The molecule has 0 spiro atoms. The van der Waals surface area contributed by atoms with E-state index in [1.807, 2.05) is 24.3 Å². The number of halogens is 1. The average Bonchev–Trinajstić information content (AvgIpc) is 2.57. The third-order valence-corrected chi connectivity index (χ3v) is 5.73. The van der Waals surface area contributed by atoms with Crippen molar-refractivity contribution in [3.8, 4) is 0 Å². The van der Waals surface area contributed by atoms with Crippen LogP contribution in [-0.2, 0) is 9.59 Å². The number of amides is 2.